The van der Waals surface area contributed by atoms with Crippen molar-refractivity contribution < 1.29 is 0 Å². The zero-order valence-electron chi connectivity index (χ0n) is 14.6. The number of nitrogens with two attached hydrogens (primary N) is 1. The predicted molar refractivity (Wildman–Crippen MR) is 90.8 cm³/mol. The van der Waals surface area contributed by atoms with Crippen LogP contribution in [-0.4, -0.2) is 6.54 Å². The largest absolute Gasteiger partial charge is 0.330 e. The van der Waals surface area contributed by atoms with E-state index in [1.807, 2.05) is 0 Å². The SMILES string of the molecule is CCCCCCCCC1CC(C(C)(C)C)CCC1CN. The van der Waals surface area contributed by atoms with E-state index in [9.17, 15) is 0 Å². The molecular formula is C19H39N. The molecule has 1 nitrogen and oxygen atoms in total. The average Bonchev–Trinajstić information content (AvgIpc) is 2.41. The van der Waals surface area contributed by atoms with E-state index in [4.69, 9.17) is 5.73 Å². The van der Waals surface area contributed by atoms with Crippen molar-refractivity contribution in [2.45, 2.75) is 91.9 Å². The second kappa shape index (κ2) is 9.07. The molecule has 3 atom stereocenters. The Kier molecular flexibility index (Phi) is 8.17. The van der Waals surface area contributed by atoms with Crippen molar-refractivity contribution >= 4 is 0 Å². The molecule has 1 heteroatoms. The van der Waals surface area contributed by atoms with Crippen molar-refractivity contribution in [2.24, 2.45) is 28.9 Å². The zero-order chi connectivity index (χ0) is 15.0. The minimum absolute atomic E-state index is 0.485. The van der Waals surface area contributed by atoms with Crippen molar-refractivity contribution in [3.8, 4) is 0 Å². The first-order valence-corrected chi connectivity index (χ1v) is 9.19. The van der Waals surface area contributed by atoms with Gasteiger partial charge in [-0.1, -0.05) is 72.6 Å². The van der Waals surface area contributed by atoms with Crippen LogP contribution in [0.4, 0.5) is 0 Å². The predicted octanol–water partition coefficient (Wildman–Crippen LogP) is 5.77. The normalized spacial score (nSPS) is 27.8. The Morgan fingerprint density at radius 3 is 2.15 bits per heavy atom. The van der Waals surface area contributed by atoms with E-state index in [0.29, 0.717) is 5.41 Å². The molecule has 1 saturated carbocycles. The Morgan fingerprint density at radius 1 is 0.900 bits per heavy atom. The highest BCUT2D eigenvalue weighted by molar-refractivity contribution is 4.86. The van der Waals surface area contributed by atoms with Gasteiger partial charge in [0.25, 0.3) is 0 Å². The van der Waals surface area contributed by atoms with Gasteiger partial charge in [-0.25, -0.2) is 0 Å². The maximum Gasteiger partial charge on any atom is -0.00462 e. The molecule has 0 heterocycles. The second-order valence-electron chi connectivity index (χ2n) is 8.19. The monoisotopic (exact) mass is 281 g/mol. The lowest BCUT2D eigenvalue weighted by Crippen LogP contribution is -2.35. The van der Waals surface area contributed by atoms with E-state index in [0.717, 1.165) is 24.3 Å². The van der Waals surface area contributed by atoms with E-state index in [1.165, 1.54) is 64.2 Å². The van der Waals surface area contributed by atoms with Crippen LogP contribution in [0.15, 0.2) is 0 Å². The minimum atomic E-state index is 0.485. The summed E-state index contributed by atoms with van der Waals surface area (Å²) < 4.78 is 0. The summed E-state index contributed by atoms with van der Waals surface area (Å²) in [5.41, 5.74) is 6.50. The van der Waals surface area contributed by atoms with E-state index < -0.39 is 0 Å². The fraction of sp³-hybridized carbons (Fsp3) is 1.00. The van der Waals surface area contributed by atoms with Gasteiger partial charge in [0.05, 0.1) is 0 Å². The maximum atomic E-state index is 6.02. The van der Waals surface area contributed by atoms with Crippen molar-refractivity contribution in [3.63, 3.8) is 0 Å². The molecule has 0 amide bonds. The Balaban J connectivity index is 2.31. The van der Waals surface area contributed by atoms with Gasteiger partial charge >= 0.3 is 0 Å². The van der Waals surface area contributed by atoms with Crippen molar-refractivity contribution in [2.75, 3.05) is 6.54 Å². The standard InChI is InChI=1S/C19H39N/c1-5-6-7-8-9-10-11-16-14-18(19(2,3)4)13-12-17(16)15-20/h16-18H,5-15,20H2,1-4H3. The van der Waals surface area contributed by atoms with E-state index in [1.54, 1.807) is 0 Å². The summed E-state index contributed by atoms with van der Waals surface area (Å²) >= 11 is 0. The molecule has 1 fully saturated rings. The van der Waals surface area contributed by atoms with Crippen LogP contribution >= 0.6 is 0 Å². The van der Waals surface area contributed by atoms with Gasteiger partial charge in [-0.2, -0.15) is 0 Å². The second-order valence-corrected chi connectivity index (χ2v) is 8.19. The molecule has 0 aromatic heterocycles. The fourth-order valence-electron chi connectivity index (χ4n) is 3.96. The van der Waals surface area contributed by atoms with Crippen LogP contribution < -0.4 is 5.73 Å². The Labute approximate surface area is 128 Å². The Bertz CT molecular complexity index is 241. The lowest BCUT2D eigenvalue weighted by molar-refractivity contribution is 0.0949. The summed E-state index contributed by atoms with van der Waals surface area (Å²) in [4.78, 5) is 0. The highest BCUT2D eigenvalue weighted by Crippen LogP contribution is 2.44. The van der Waals surface area contributed by atoms with Gasteiger partial charge < -0.3 is 5.73 Å². The molecular weight excluding hydrogens is 242 g/mol. The molecule has 0 spiro atoms. The molecule has 0 radical (unpaired) electrons. The summed E-state index contributed by atoms with van der Waals surface area (Å²) in [5.74, 6) is 2.63. The van der Waals surface area contributed by atoms with Gasteiger partial charge in [-0.05, 0) is 49.0 Å². The van der Waals surface area contributed by atoms with Crippen molar-refractivity contribution in [1.29, 1.82) is 0 Å². The van der Waals surface area contributed by atoms with Crippen LogP contribution in [0.25, 0.3) is 0 Å². The molecule has 0 aromatic carbocycles. The molecule has 1 aliphatic carbocycles. The highest BCUT2D eigenvalue weighted by Gasteiger charge is 2.34. The van der Waals surface area contributed by atoms with Crippen LogP contribution in [-0.2, 0) is 0 Å². The van der Waals surface area contributed by atoms with Crippen LogP contribution in [0.1, 0.15) is 91.9 Å². The molecule has 2 N–H and O–H groups in total. The zero-order valence-corrected chi connectivity index (χ0v) is 14.6. The first kappa shape index (κ1) is 18.0. The maximum absolute atomic E-state index is 6.02. The van der Waals surface area contributed by atoms with Gasteiger partial charge in [0.1, 0.15) is 0 Å². The minimum Gasteiger partial charge on any atom is -0.330 e. The molecule has 1 rings (SSSR count). The fourth-order valence-corrected chi connectivity index (χ4v) is 3.96. The first-order chi connectivity index (χ1) is 9.49. The van der Waals surface area contributed by atoms with Crippen LogP contribution in [0.5, 0.6) is 0 Å². The summed E-state index contributed by atoms with van der Waals surface area (Å²) in [6, 6.07) is 0. The Morgan fingerprint density at radius 2 is 1.55 bits per heavy atom. The molecule has 20 heavy (non-hydrogen) atoms. The topological polar surface area (TPSA) is 26.0 Å². The molecule has 0 aliphatic heterocycles. The molecule has 0 bridgehead atoms. The molecule has 3 unspecified atom stereocenters. The average molecular weight is 282 g/mol. The van der Waals surface area contributed by atoms with E-state index in [2.05, 4.69) is 27.7 Å². The van der Waals surface area contributed by atoms with Crippen molar-refractivity contribution in [1.82, 2.24) is 0 Å². The van der Waals surface area contributed by atoms with Crippen molar-refractivity contribution in [3.05, 3.63) is 0 Å². The highest BCUT2D eigenvalue weighted by atomic mass is 14.6. The number of rotatable bonds is 8. The van der Waals surface area contributed by atoms with Crippen LogP contribution in [0.2, 0.25) is 0 Å². The van der Waals surface area contributed by atoms with Crippen LogP contribution in [0, 0.1) is 23.2 Å². The number of hydrogen-bond donors (Lipinski definition) is 1. The number of hydrogen-bond acceptors (Lipinski definition) is 1. The third-order valence-corrected chi connectivity index (χ3v) is 5.60. The van der Waals surface area contributed by atoms with Crippen LogP contribution in [0.3, 0.4) is 0 Å². The molecule has 0 saturated heterocycles. The van der Waals surface area contributed by atoms with E-state index >= 15 is 0 Å². The summed E-state index contributed by atoms with van der Waals surface area (Å²) in [5, 5.41) is 0. The van der Waals surface area contributed by atoms with Gasteiger partial charge in [0.2, 0.25) is 0 Å². The molecule has 1 aliphatic rings. The summed E-state index contributed by atoms with van der Waals surface area (Å²) in [7, 11) is 0. The summed E-state index contributed by atoms with van der Waals surface area (Å²) in [6.07, 6.45) is 14.2. The quantitative estimate of drug-likeness (QED) is 0.561. The van der Waals surface area contributed by atoms with Gasteiger partial charge in [0, 0.05) is 0 Å². The van der Waals surface area contributed by atoms with E-state index in [-0.39, 0.29) is 0 Å². The first-order valence-electron chi connectivity index (χ1n) is 9.19. The van der Waals surface area contributed by atoms with Gasteiger partial charge in [0.15, 0.2) is 0 Å². The smallest absolute Gasteiger partial charge is 0.00462 e. The van der Waals surface area contributed by atoms with Gasteiger partial charge in [-0.3, -0.25) is 0 Å². The molecule has 0 aromatic rings. The summed E-state index contributed by atoms with van der Waals surface area (Å²) in [6.45, 7) is 10.5. The third kappa shape index (κ3) is 6.16. The number of unbranched alkanes of at least 4 members (excludes halogenated alkanes) is 5. The third-order valence-electron chi connectivity index (χ3n) is 5.60. The lowest BCUT2D eigenvalue weighted by atomic mass is 9.64. The van der Waals surface area contributed by atoms with Gasteiger partial charge in [-0.15, -0.1) is 0 Å². The molecule has 120 valence electrons. The Hall–Kier alpha value is -0.0400. The lowest BCUT2D eigenvalue weighted by Gasteiger charge is -2.41.